The van der Waals surface area contributed by atoms with Crippen LogP contribution >= 0.6 is 0 Å². The van der Waals surface area contributed by atoms with Crippen molar-refractivity contribution in [2.75, 3.05) is 13.2 Å². The van der Waals surface area contributed by atoms with E-state index in [4.69, 9.17) is 16.2 Å². The standard InChI is InChI=1S/C12H26N2O3/c1-8(4-10(3)15)7-17-12(16)11(6-13)5-9(2)14/h8-11,15H,4-7,13-14H2,1-3H3. The van der Waals surface area contributed by atoms with E-state index in [2.05, 4.69) is 0 Å². The van der Waals surface area contributed by atoms with Crippen LogP contribution in [-0.4, -0.2) is 36.4 Å². The van der Waals surface area contributed by atoms with Gasteiger partial charge in [0.15, 0.2) is 0 Å². The highest BCUT2D eigenvalue weighted by Gasteiger charge is 2.20. The number of carbonyl (C=O) groups excluding carboxylic acids is 1. The Labute approximate surface area is 104 Å². The van der Waals surface area contributed by atoms with Gasteiger partial charge in [-0.1, -0.05) is 6.92 Å². The van der Waals surface area contributed by atoms with E-state index in [0.29, 0.717) is 19.4 Å². The Bertz CT molecular complexity index is 220. The molecule has 0 aliphatic heterocycles. The molecule has 5 heteroatoms. The molecule has 4 unspecified atom stereocenters. The number of hydrogen-bond acceptors (Lipinski definition) is 5. The molecule has 0 rings (SSSR count). The first-order valence-corrected chi connectivity index (χ1v) is 6.17. The quantitative estimate of drug-likeness (QED) is 0.533. The van der Waals surface area contributed by atoms with Crippen molar-refractivity contribution >= 4 is 5.97 Å². The molecule has 0 spiro atoms. The van der Waals surface area contributed by atoms with E-state index < -0.39 is 0 Å². The highest BCUT2D eigenvalue weighted by atomic mass is 16.5. The molecule has 0 heterocycles. The molecule has 102 valence electrons. The predicted octanol–water partition coefficient (Wildman–Crippen LogP) is 0.249. The lowest BCUT2D eigenvalue weighted by Crippen LogP contribution is -2.32. The Morgan fingerprint density at radius 3 is 2.29 bits per heavy atom. The number of nitrogens with two attached hydrogens (primary N) is 2. The van der Waals surface area contributed by atoms with Crippen molar-refractivity contribution in [2.24, 2.45) is 23.3 Å². The molecule has 0 saturated carbocycles. The molecular formula is C12H26N2O3. The molecule has 17 heavy (non-hydrogen) atoms. The average Bonchev–Trinajstić information content (AvgIpc) is 2.21. The highest BCUT2D eigenvalue weighted by molar-refractivity contribution is 5.72. The van der Waals surface area contributed by atoms with Gasteiger partial charge in [-0.05, 0) is 32.6 Å². The summed E-state index contributed by atoms with van der Waals surface area (Å²) in [6.45, 7) is 6.07. The van der Waals surface area contributed by atoms with E-state index in [1.165, 1.54) is 0 Å². The van der Waals surface area contributed by atoms with Crippen LogP contribution < -0.4 is 11.5 Å². The molecule has 5 N–H and O–H groups in total. The van der Waals surface area contributed by atoms with E-state index in [1.807, 2.05) is 13.8 Å². The van der Waals surface area contributed by atoms with Gasteiger partial charge in [-0.15, -0.1) is 0 Å². The van der Waals surface area contributed by atoms with E-state index in [1.54, 1.807) is 6.92 Å². The number of hydrogen-bond donors (Lipinski definition) is 3. The largest absolute Gasteiger partial charge is 0.465 e. The Kier molecular flexibility index (Phi) is 8.12. The first-order valence-electron chi connectivity index (χ1n) is 6.17. The van der Waals surface area contributed by atoms with E-state index in [-0.39, 0.29) is 36.5 Å². The monoisotopic (exact) mass is 246 g/mol. The first-order chi connectivity index (χ1) is 7.86. The molecule has 0 bridgehead atoms. The summed E-state index contributed by atoms with van der Waals surface area (Å²) in [6.07, 6.45) is 0.784. The fourth-order valence-corrected chi connectivity index (χ4v) is 1.73. The lowest BCUT2D eigenvalue weighted by atomic mass is 10.0. The van der Waals surface area contributed by atoms with E-state index in [0.717, 1.165) is 0 Å². The van der Waals surface area contributed by atoms with E-state index >= 15 is 0 Å². The minimum absolute atomic E-state index is 0.0639. The Morgan fingerprint density at radius 2 is 1.88 bits per heavy atom. The van der Waals surface area contributed by atoms with Gasteiger partial charge < -0.3 is 21.3 Å². The number of carbonyl (C=O) groups is 1. The van der Waals surface area contributed by atoms with Crippen LogP contribution in [-0.2, 0) is 9.53 Å². The molecule has 0 aromatic rings. The van der Waals surface area contributed by atoms with Crippen molar-refractivity contribution in [3.05, 3.63) is 0 Å². The smallest absolute Gasteiger partial charge is 0.310 e. The fraction of sp³-hybridized carbons (Fsp3) is 0.917. The van der Waals surface area contributed by atoms with Crippen molar-refractivity contribution < 1.29 is 14.6 Å². The molecule has 0 aromatic carbocycles. The van der Waals surface area contributed by atoms with Crippen molar-refractivity contribution in [3.8, 4) is 0 Å². The number of aliphatic hydroxyl groups is 1. The van der Waals surface area contributed by atoms with Crippen LogP contribution in [0, 0.1) is 11.8 Å². The van der Waals surface area contributed by atoms with Gasteiger partial charge >= 0.3 is 5.97 Å². The summed E-state index contributed by atoms with van der Waals surface area (Å²) in [5.74, 6) is -0.469. The molecule has 0 saturated heterocycles. The summed E-state index contributed by atoms with van der Waals surface area (Å²) in [7, 11) is 0. The molecule has 0 aromatic heterocycles. The van der Waals surface area contributed by atoms with Crippen LogP contribution in [0.3, 0.4) is 0 Å². The minimum Gasteiger partial charge on any atom is -0.465 e. The van der Waals surface area contributed by atoms with Gasteiger partial charge in [0.25, 0.3) is 0 Å². The van der Waals surface area contributed by atoms with Gasteiger partial charge in [-0.25, -0.2) is 0 Å². The predicted molar refractivity (Wildman–Crippen MR) is 67.2 cm³/mol. The van der Waals surface area contributed by atoms with Crippen LogP contribution in [0.15, 0.2) is 0 Å². The van der Waals surface area contributed by atoms with Crippen LogP contribution in [0.1, 0.15) is 33.6 Å². The molecule has 0 aliphatic rings. The maximum atomic E-state index is 11.7. The number of ether oxygens (including phenoxy) is 1. The maximum absolute atomic E-state index is 11.7. The molecule has 0 fully saturated rings. The second-order valence-electron chi connectivity index (χ2n) is 4.97. The molecule has 4 atom stereocenters. The van der Waals surface area contributed by atoms with Crippen LogP contribution in [0.2, 0.25) is 0 Å². The van der Waals surface area contributed by atoms with Crippen LogP contribution in [0.4, 0.5) is 0 Å². The second-order valence-corrected chi connectivity index (χ2v) is 4.97. The molecule has 5 nitrogen and oxygen atoms in total. The van der Waals surface area contributed by atoms with Crippen molar-refractivity contribution in [3.63, 3.8) is 0 Å². The summed E-state index contributed by atoms with van der Waals surface area (Å²) < 4.78 is 5.17. The molecule has 0 amide bonds. The SMILES string of the molecule is CC(N)CC(CN)C(=O)OCC(C)CC(C)O. The number of rotatable bonds is 8. The zero-order chi connectivity index (χ0) is 13.4. The van der Waals surface area contributed by atoms with E-state index in [9.17, 15) is 9.90 Å². The van der Waals surface area contributed by atoms with Crippen molar-refractivity contribution in [2.45, 2.75) is 45.8 Å². The lowest BCUT2D eigenvalue weighted by Gasteiger charge is -2.18. The zero-order valence-corrected chi connectivity index (χ0v) is 11.1. The Morgan fingerprint density at radius 1 is 1.29 bits per heavy atom. The van der Waals surface area contributed by atoms with Gasteiger partial charge in [0.05, 0.1) is 18.6 Å². The summed E-state index contributed by atoms with van der Waals surface area (Å²) in [5, 5.41) is 9.19. The topological polar surface area (TPSA) is 98.6 Å². The summed E-state index contributed by atoms with van der Waals surface area (Å²) in [5.41, 5.74) is 11.1. The second kappa shape index (κ2) is 8.44. The fourth-order valence-electron chi connectivity index (χ4n) is 1.73. The third-order valence-electron chi connectivity index (χ3n) is 2.53. The minimum atomic E-state index is -0.377. The zero-order valence-electron chi connectivity index (χ0n) is 11.1. The van der Waals surface area contributed by atoms with Crippen molar-refractivity contribution in [1.29, 1.82) is 0 Å². The third kappa shape index (κ3) is 8.12. The van der Waals surface area contributed by atoms with Gasteiger partial charge in [-0.3, -0.25) is 4.79 Å². The molecular weight excluding hydrogens is 220 g/mol. The Hall–Kier alpha value is -0.650. The van der Waals surface area contributed by atoms with Crippen LogP contribution in [0.25, 0.3) is 0 Å². The first kappa shape index (κ1) is 16.4. The normalized spacial score (nSPS) is 18.2. The maximum Gasteiger partial charge on any atom is 0.310 e. The summed E-state index contributed by atoms with van der Waals surface area (Å²) >= 11 is 0. The molecule has 0 aliphatic carbocycles. The number of aliphatic hydroxyl groups excluding tert-OH is 1. The summed E-state index contributed by atoms with van der Waals surface area (Å²) in [4.78, 5) is 11.7. The van der Waals surface area contributed by atoms with Crippen molar-refractivity contribution in [1.82, 2.24) is 0 Å². The Balaban J connectivity index is 3.97. The van der Waals surface area contributed by atoms with Gasteiger partial charge in [0, 0.05) is 12.6 Å². The third-order valence-corrected chi connectivity index (χ3v) is 2.53. The molecule has 0 radical (unpaired) electrons. The lowest BCUT2D eigenvalue weighted by molar-refractivity contribution is -0.150. The highest BCUT2D eigenvalue weighted by Crippen LogP contribution is 2.10. The summed E-state index contributed by atoms with van der Waals surface area (Å²) in [6, 6.07) is -0.0639. The van der Waals surface area contributed by atoms with Gasteiger partial charge in [0.1, 0.15) is 0 Å². The van der Waals surface area contributed by atoms with Gasteiger partial charge in [-0.2, -0.15) is 0 Å². The average molecular weight is 246 g/mol. The van der Waals surface area contributed by atoms with Gasteiger partial charge in [0.2, 0.25) is 0 Å². The number of esters is 1. The van der Waals surface area contributed by atoms with Crippen LogP contribution in [0.5, 0.6) is 0 Å².